The summed E-state index contributed by atoms with van der Waals surface area (Å²) in [4.78, 5) is 11.6. The van der Waals surface area contributed by atoms with Crippen molar-refractivity contribution < 1.29 is 14.6 Å². The minimum atomic E-state index is -0.397. The minimum absolute atomic E-state index is 0.0629. The van der Waals surface area contributed by atoms with Crippen molar-refractivity contribution in [1.82, 2.24) is 0 Å². The molecule has 0 bridgehead atoms. The monoisotopic (exact) mass is 390 g/mol. The number of esters is 1. The van der Waals surface area contributed by atoms with E-state index < -0.39 is 5.60 Å². The van der Waals surface area contributed by atoms with Gasteiger partial charge >= 0.3 is 5.97 Å². The molecule has 0 aromatic carbocycles. The molecule has 0 unspecified atom stereocenters. The fourth-order valence-corrected chi connectivity index (χ4v) is 8.88. The predicted molar refractivity (Wildman–Crippen MR) is 112 cm³/mol. The van der Waals surface area contributed by atoms with Crippen LogP contribution in [0.5, 0.6) is 0 Å². The van der Waals surface area contributed by atoms with Gasteiger partial charge in [-0.3, -0.25) is 4.79 Å². The summed E-state index contributed by atoms with van der Waals surface area (Å²) in [5.41, 5.74) is 0.174. The van der Waals surface area contributed by atoms with Crippen LogP contribution >= 0.6 is 0 Å². The molecular formula is C25H42O3. The number of hydrogen-bond acceptors (Lipinski definition) is 3. The molecule has 0 radical (unpaired) electrons. The van der Waals surface area contributed by atoms with E-state index in [2.05, 4.69) is 20.8 Å². The smallest absolute Gasteiger partial charge is 0.305 e. The van der Waals surface area contributed by atoms with Gasteiger partial charge in [0.2, 0.25) is 0 Å². The first-order chi connectivity index (χ1) is 13.2. The van der Waals surface area contributed by atoms with Gasteiger partial charge in [0.25, 0.3) is 0 Å². The third-order valence-electron chi connectivity index (χ3n) is 10.5. The van der Waals surface area contributed by atoms with Gasteiger partial charge in [-0.05, 0) is 98.2 Å². The van der Waals surface area contributed by atoms with Crippen LogP contribution in [0.3, 0.4) is 0 Å². The van der Waals surface area contributed by atoms with E-state index in [0.717, 1.165) is 37.0 Å². The van der Waals surface area contributed by atoms with Gasteiger partial charge in [-0.15, -0.1) is 0 Å². The average Bonchev–Trinajstić information content (AvgIpc) is 3.03. The summed E-state index contributed by atoms with van der Waals surface area (Å²) >= 11 is 0. The first kappa shape index (κ1) is 20.7. The molecule has 8 atom stereocenters. The van der Waals surface area contributed by atoms with Crippen molar-refractivity contribution in [3.8, 4) is 0 Å². The minimum Gasteiger partial charge on any atom is -0.469 e. The maximum Gasteiger partial charge on any atom is 0.305 e. The van der Waals surface area contributed by atoms with Crippen LogP contribution in [0.1, 0.15) is 97.8 Å². The Kier molecular flexibility index (Phi) is 5.39. The fraction of sp³-hybridized carbons (Fsp3) is 0.960. The van der Waals surface area contributed by atoms with Crippen LogP contribution in [0, 0.1) is 40.4 Å². The molecule has 4 saturated carbocycles. The van der Waals surface area contributed by atoms with Crippen molar-refractivity contribution in [3.63, 3.8) is 0 Å². The van der Waals surface area contributed by atoms with E-state index in [-0.39, 0.29) is 11.4 Å². The number of hydrogen-bond donors (Lipinski definition) is 1. The lowest BCUT2D eigenvalue weighted by atomic mass is 9.43. The van der Waals surface area contributed by atoms with Crippen LogP contribution in [0.2, 0.25) is 0 Å². The molecular weight excluding hydrogens is 348 g/mol. The lowest BCUT2D eigenvalue weighted by Gasteiger charge is -2.63. The zero-order valence-corrected chi connectivity index (χ0v) is 18.6. The van der Waals surface area contributed by atoms with E-state index in [9.17, 15) is 9.90 Å². The Balaban J connectivity index is 1.51. The second-order valence-corrected chi connectivity index (χ2v) is 11.4. The summed E-state index contributed by atoms with van der Waals surface area (Å²) in [6, 6.07) is 0. The maximum absolute atomic E-state index is 11.6. The molecule has 4 rings (SSSR count). The first-order valence-electron chi connectivity index (χ1n) is 12.0. The predicted octanol–water partition coefficient (Wildman–Crippen LogP) is 5.74. The van der Waals surface area contributed by atoms with Gasteiger partial charge < -0.3 is 9.84 Å². The van der Waals surface area contributed by atoms with E-state index in [0.29, 0.717) is 23.7 Å². The van der Waals surface area contributed by atoms with E-state index >= 15 is 0 Å². The lowest BCUT2D eigenvalue weighted by Crippen LogP contribution is -2.61. The number of carbonyl (C=O) groups excluding carboxylic acids is 1. The molecule has 0 spiro atoms. The molecule has 0 heterocycles. The molecule has 3 heteroatoms. The van der Waals surface area contributed by atoms with Crippen LogP contribution in [-0.4, -0.2) is 23.8 Å². The van der Waals surface area contributed by atoms with Gasteiger partial charge in [-0.2, -0.15) is 0 Å². The van der Waals surface area contributed by atoms with Crippen molar-refractivity contribution in [2.45, 2.75) is 103 Å². The summed E-state index contributed by atoms with van der Waals surface area (Å²) in [7, 11) is 1.50. The summed E-state index contributed by atoms with van der Waals surface area (Å²) in [6.45, 7) is 7.39. The third kappa shape index (κ3) is 2.97. The Bertz CT molecular complexity index is 603. The Labute approximate surface area is 172 Å². The van der Waals surface area contributed by atoms with Crippen LogP contribution in [0.15, 0.2) is 0 Å². The Morgan fingerprint density at radius 2 is 1.79 bits per heavy atom. The highest BCUT2D eigenvalue weighted by Gasteiger charge is 2.63. The van der Waals surface area contributed by atoms with E-state index in [1.807, 2.05) is 0 Å². The van der Waals surface area contributed by atoms with Crippen LogP contribution in [-0.2, 0) is 9.53 Å². The molecule has 0 aromatic heterocycles. The van der Waals surface area contributed by atoms with Crippen molar-refractivity contribution >= 4 is 5.97 Å². The number of methoxy groups -OCH3 is 1. The summed E-state index contributed by atoms with van der Waals surface area (Å²) < 4.78 is 4.87. The Morgan fingerprint density at radius 1 is 1.04 bits per heavy atom. The Hall–Kier alpha value is -0.570. The molecule has 4 aliphatic carbocycles. The van der Waals surface area contributed by atoms with Gasteiger partial charge in [0.05, 0.1) is 12.7 Å². The van der Waals surface area contributed by atoms with Crippen LogP contribution in [0.4, 0.5) is 0 Å². The van der Waals surface area contributed by atoms with E-state index in [1.54, 1.807) is 0 Å². The van der Waals surface area contributed by atoms with Crippen LogP contribution < -0.4 is 0 Å². The quantitative estimate of drug-likeness (QED) is 0.623. The number of carbonyl (C=O) groups is 1. The highest BCUT2D eigenvalue weighted by molar-refractivity contribution is 5.69. The second kappa shape index (κ2) is 7.29. The van der Waals surface area contributed by atoms with Gasteiger partial charge in [-0.25, -0.2) is 0 Å². The molecule has 4 aliphatic rings. The van der Waals surface area contributed by atoms with Gasteiger partial charge in [0.15, 0.2) is 0 Å². The maximum atomic E-state index is 11.6. The molecule has 1 N–H and O–H groups in total. The lowest BCUT2D eigenvalue weighted by molar-refractivity contribution is -0.205. The second-order valence-electron chi connectivity index (χ2n) is 11.4. The standard InChI is InChI=1S/C25H42O3/c1-17(7-10-22(26)28-4)19-8-9-20-18-11-16-25(27)14-6-5-13-24(25,3)21(18)12-15-23(19,20)2/h17-21,27H,5-16H2,1-4H3/t17-,18+,19-,20+,21+,23-,24-,25-/m1/s1. The molecule has 0 aliphatic heterocycles. The van der Waals surface area contributed by atoms with Crippen molar-refractivity contribution in [1.29, 1.82) is 0 Å². The van der Waals surface area contributed by atoms with Crippen molar-refractivity contribution in [2.24, 2.45) is 40.4 Å². The number of fused-ring (bicyclic) bond motifs is 5. The zero-order chi connectivity index (χ0) is 20.2. The zero-order valence-electron chi connectivity index (χ0n) is 18.6. The topological polar surface area (TPSA) is 46.5 Å². The largest absolute Gasteiger partial charge is 0.469 e. The highest BCUT2D eigenvalue weighted by Crippen LogP contribution is 2.69. The van der Waals surface area contributed by atoms with Crippen molar-refractivity contribution in [3.05, 3.63) is 0 Å². The molecule has 3 nitrogen and oxygen atoms in total. The molecule has 0 aromatic rings. The summed E-state index contributed by atoms with van der Waals surface area (Å²) in [6.07, 6.45) is 13.9. The molecule has 0 amide bonds. The summed E-state index contributed by atoms with van der Waals surface area (Å²) in [5, 5.41) is 11.5. The number of rotatable bonds is 4. The van der Waals surface area contributed by atoms with E-state index in [1.165, 1.54) is 58.5 Å². The van der Waals surface area contributed by atoms with Gasteiger partial charge in [0, 0.05) is 6.42 Å². The average molecular weight is 391 g/mol. The van der Waals surface area contributed by atoms with Crippen molar-refractivity contribution in [2.75, 3.05) is 7.11 Å². The number of ether oxygens (including phenoxy) is 1. The van der Waals surface area contributed by atoms with Gasteiger partial charge in [-0.1, -0.05) is 33.6 Å². The molecule has 160 valence electrons. The number of aliphatic hydroxyl groups is 1. The SMILES string of the molecule is COC(=O)CC[C@@H](C)[C@H]1CC[C@H]2[C@@H]3CC[C@]4(O)CCCC[C@]4(C)[C@H]3CC[C@]12C. The normalized spacial score (nSPS) is 48.9. The molecule has 4 fully saturated rings. The summed E-state index contributed by atoms with van der Waals surface area (Å²) in [5.74, 6) is 3.61. The fourth-order valence-electron chi connectivity index (χ4n) is 8.88. The molecule has 28 heavy (non-hydrogen) atoms. The third-order valence-corrected chi connectivity index (χ3v) is 10.5. The highest BCUT2D eigenvalue weighted by atomic mass is 16.5. The van der Waals surface area contributed by atoms with Crippen LogP contribution in [0.25, 0.3) is 0 Å². The Morgan fingerprint density at radius 3 is 2.54 bits per heavy atom. The van der Waals surface area contributed by atoms with E-state index in [4.69, 9.17) is 4.74 Å². The first-order valence-corrected chi connectivity index (χ1v) is 12.0. The van der Waals surface area contributed by atoms with Gasteiger partial charge in [0.1, 0.15) is 0 Å². The molecule has 0 saturated heterocycles.